The average molecular weight is 570 g/mol. The van der Waals surface area contributed by atoms with Crippen LogP contribution in [0.15, 0.2) is 89.3 Å². The van der Waals surface area contributed by atoms with Crippen molar-refractivity contribution in [1.29, 1.82) is 0 Å². The van der Waals surface area contributed by atoms with Crippen molar-refractivity contribution in [2.45, 2.75) is 43.9 Å². The van der Waals surface area contributed by atoms with Gasteiger partial charge in [0, 0.05) is 25.1 Å². The van der Waals surface area contributed by atoms with Gasteiger partial charge in [0.1, 0.15) is 12.1 Å². The van der Waals surface area contributed by atoms with Crippen molar-refractivity contribution in [3.8, 4) is 0 Å². The number of aromatic nitrogens is 2. The third kappa shape index (κ3) is 7.20. The molecule has 0 saturated carbocycles. The molecule has 1 aromatic heterocycles. The third-order valence-corrected chi connectivity index (χ3v) is 7.33. The Bertz CT molecular complexity index is 1410. The molecule has 0 spiro atoms. The second-order valence-electron chi connectivity index (χ2n) is 10.2. The minimum atomic E-state index is -0.938. The van der Waals surface area contributed by atoms with Gasteiger partial charge in [0.05, 0.1) is 19.8 Å². The van der Waals surface area contributed by atoms with Crippen LogP contribution in [0.2, 0.25) is 0 Å². The number of carbonyl (C=O) groups is 2. The fraction of sp³-hybridized carbons (Fsp3) is 0.312. The van der Waals surface area contributed by atoms with Crippen molar-refractivity contribution in [3.05, 3.63) is 113 Å². The van der Waals surface area contributed by atoms with Gasteiger partial charge in [-0.3, -0.25) is 4.79 Å². The smallest absolute Gasteiger partial charge is 0.407 e. The number of amides is 2. The van der Waals surface area contributed by atoms with Crippen molar-refractivity contribution < 1.29 is 23.5 Å². The minimum absolute atomic E-state index is 0.0108. The summed E-state index contributed by atoms with van der Waals surface area (Å²) < 4.78 is 16.5. The van der Waals surface area contributed by atoms with Crippen LogP contribution in [0, 0.1) is 6.92 Å². The van der Waals surface area contributed by atoms with E-state index >= 15 is 0 Å². The second-order valence-corrected chi connectivity index (χ2v) is 10.2. The van der Waals surface area contributed by atoms with Crippen LogP contribution in [0.5, 0.6) is 0 Å². The zero-order chi connectivity index (χ0) is 29.3. The van der Waals surface area contributed by atoms with E-state index in [0.717, 1.165) is 23.1 Å². The van der Waals surface area contributed by atoms with Gasteiger partial charge in [-0.1, -0.05) is 78.9 Å². The van der Waals surface area contributed by atoms with E-state index in [-0.39, 0.29) is 18.1 Å². The van der Waals surface area contributed by atoms with Gasteiger partial charge in [-0.25, -0.2) is 4.79 Å². The van der Waals surface area contributed by atoms with Gasteiger partial charge < -0.3 is 29.8 Å². The standard InChI is InChI=1S/C32H35N5O5/c1-21-36-37-31(42-21)27-20-41-25(19-33-27)18-17-22-11-9-10-16-26(22)34-30(38)29(35-32(39)40-2)28(23-12-5-3-6-13-23)24-14-7-4-8-15-24/h3-16,25,27-29,33H,17-20H2,1-2H3,(H,34,38)(H,35,39)/t25-,27+,29?/m1/s1. The molecule has 0 bridgehead atoms. The number of para-hydroxylation sites is 1. The summed E-state index contributed by atoms with van der Waals surface area (Å²) in [6, 6.07) is 25.9. The first kappa shape index (κ1) is 29.0. The van der Waals surface area contributed by atoms with Gasteiger partial charge in [0.2, 0.25) is 17.7 Å². The number of aryl methyl sites for hydroxylation is 2. The number of carbonyl (C=O) groups excluding carboxylic acids is 2. The highest BCUT2D eigenvalue weighted by atomic mass is 16.5. The van der Waals surface area contributed by atoms with Crippen LogP contribution in [0.3, 0.4) is 0 Å². The Morgan fingerprint density at radius 1 is 0.976 bits per heavy atom. The molecule has 3 aromatic carbocycles. The molecule has 2 heterocycles. The average Bonchev–Trinajstić information content (AvgIpc) is 3.47. The molecular formula is C32H35N5O5. The van der Waals surface area contributed by atoms with Crippen molar-refractivity contribution in [3.63, 3.8) is 0 Å². The van der Waals surface area contributed by atoms with Crippen LogP contribution in [0.25, 0.3) is 0 Å². The zero-order valence-corrected chi connectivity index (χ0v) is 23.7. The Balaban J connectivity index is 1.30. The Morgan fingerprint density at radius 2 is 1.64 bits per heavy atom. The highest BCUT2D eigenvalue weighted by Gasteiger charge is 2.33. The summed E-state index contributed by atoms with van der Waals surface area (Å²) in [4.78, 5) is 26.4. The molecule has 2 amide bonds. The summed E-state index contributed by atoms with van der Waals surface area (Å²) >= 11 is 0. The molecule has 42 heavy (non-hydrogen) atoms. The van der Waals surface area contributed by atoms with Crippen molar-refractivity contribution in [2.75, 3.05) is 25.6 Å². The molecule has 3 N–H and O–H groups in total. The molecule has 1 unspecified atom stereocenters. The van der Waals surface area contributed by atoms with E-state index in [4.69, 9.17) is 13.9 Å². The topological polar surface area (TPSA) is 128 Å². The SMILES string of the molecule is COC(=O)NC(C(=O)Nc1ccccc1CC[C@@H]1CN[C@H](c2nnc(C)o2)CO1)C(c1ccccc1)c1ccccc1. The molecule has 1 aliphatic rings. The van der Waals surface area contributed by atoms with Crippen LogP contribution in [-0.4, -0.2) is 54.6 Å². The summed E-state index contributed by atoms with van der Waals surface area (Å²) in [6.07, 6.45) is 0.735. The number of nitrogens with zero attached hydrogens (tertiary/aromatic N) is 2. The number of ether oxygens (including phenoxy) is 2. The van der Waals surface area contributed by atoms with Crippen LogP contribution in [0.1, 0.15) is 46.9 Å². The lowest BCUT2D eigenvalue weighted by Crippen LogP contribution is -2.48. The fourth-order valence-electron chi connectivity index (χ4n) is 5.19. The molecule has 4 aromatic rings. The maximum absolute atomic E-state index is 13.9. The third-order valence-electron chi connectivity index (χ3n) is 7.33. The minimum Gasteiger partial charge on any atom is -0.453 e. The van der Waals surface area contributed by atoms with Gasteiger partial charge in [0.25, 0.3) is 0 Å². The van der Waals surface area contributed by atoms with E-state index in [0.29, 0.717) is 37.0 Å². The Morgan fingerprint density at radius 3 is 2.24 bits per heavy atom. The summed E-state index contributed by atoms with van der Waals surface area (Å²) in [6.45, 7) is 2.84. The van der Waals surface area contributed by atoms with Crippen LogP contribution in [-0.2, 0) is 20.7 Å². The van der Waals surface area contributed by atoms with Crippen LogP contribution in [0.4, 0.5) is 10.5 Å². The highest BCUT2D eigenvalue weighted by Crippen LogP contribution is 2.30. The highest BCUT2D eigenvalue weighted by molar-refractivity contribution is 5.98. The number of rotatable bonds is 10. The van der Waals surface area contributed by atoms with Crippen LogP contribution >= 0.6 is 0 Å². The molecular weight excluding hydrogens is 534 g/mol. The van der Waals surface area contributed by atoms with Crippen molar-refractivity contribution >= 4 is 17.7 Å². The van der Waals surface area contributed by atoms with Crippen molar-refractivity contribution in [1.82, 2.24) is 20.8 Å². The van der Waals surface area contributed by atoms with E-state index in [9.17, 15) is 9.59 Å². The number of alkyl carbamates (subject to hydrolysis) is 1. The maximum Gasteiger partial charge on any atom is 0.407 e. The Kier molecular flexibility index (Phi) is 9.58. The van der Waals surface area contributed by atoms with Gasteiger partial charge >= 0.3 is 6.09 Å². The van der Waals surface area contributed by atoms with Gasteiger partial charge in [-0.2, -0.15) is 0 Å². The lowest BCUT2D eigenvalue weighted by molar-refractivity contribution is -0.118. The molecule has 1 fully saturated rings. The van der Waals surface area contributed by atoms with E-state index in [1.54, 1.807) is 6.92 Å². The number of nitrogens with one attached hydrogen (secondary N) is 3. The molecule has 1 saturated heterocycles. The van der Waals surface area contributed by atoms with Crippen molar-refractivity contribution in [2.24, 2.45) is 0 Å². The first-order valence-electron chi connectivity index (χ1n) is 14.0. The molecule has 10 heteroatoms. The lowest BCUT2D eigenvalue weighted by atomic mass is 9.84. The maximum atomic E-state index is 13.9. The summed E-state index contributed by atoms with van der Waals surface area (Å²) in [7, 11) is 1.28. The molecule has 218 valence electrons. The summed E-state index contributed by atoms with van der Waals surface area (Å²) in [5.74, 6) is 0.253. The molecule has 5 rings (SSSR count). The predicted octanol–water partition coefficient (Wildman–Crippen LogP) is 4.54. The number of morpholine rings is 1. The Hall–Kier alpha value is -4.54. The summed E-state index contributed by atoms with van der Waals surface area (Å²) in [5, 5.41) is 17.3. The number of methoxy groups -OCH3 is 1. The molecule has 0 radical (unpaired) electrons. The summed E-state index contributed by atoms with van der Waals surface area (Å²) in [5.41, 5.74) is 3.44. The lowest BCUT2D eigenvalue weighted by Gasteiger charge is -2.29. The fourth-order valence-corrected chi connectivity index (χ4v) is 5.19. The van der Waals surface area contributed by atoms with Crippen LogP contribution < -0.4 is 16.0 Å². The Labute approximate surface area is 244 Å². The largest absolute Gasteiger partial charge is 0.453 e. The van der Waals surface area contributed by atoms with E-state index in [1.807, 2.05) is 84.9 Å². The molecule has 0 aliphatic carbocycles. The first-order chi connectivity index (χ1) is 20.5. The van der Waals surface area contributed by atoms with E-state index in [2.05, 4.69) is 26.1 Å². The molecule has 3 atom stereocenters. The number of anilines is 1. The normalized spacial score (nSPS) is 17.4. The number of hydrogen-bond acceptors (Lipinski definition) is 8. The zero-order valence-electron chi connectivity index (χ0n) is 23.7. The van der Waals surface area contributed by atoms with Gasteiger partial charge in [0.15, 0.2) is 0 Å². The monoisotopic (exact) mass is 569 g/mol. The van der Waals surface area contributed by atoms with E-state index in [1.165, 1.54) is 7.11 Å². The number of hydrogen-bond donors (Lipinski definition) is 3. The van der Waals surface area contributed by atoms with E-state index < -0.39 is 18.1 Å². The molecule has 10 nitrogen and oxygen atoms in total. The second kappa shape index (κ2) is 13.9. The van der Waals surface area contributed by atoms with Gasteiger partial charge in [-0.05, 0) is 35.6 Å². The first-order valence-corrected chi connectivity index (χ1v) is 14.0. The quantitative estimate of drug-likeness (QED) is 0.254. The predicted molar refractivity (Wildman–Crippen MR) is 157 cm³/mol. The number of benzene rings is 3. The molecule has 1 aliphatic heterocycles. The van der Waals surface area contributed by atoms with Gasteiger partial charge in [-0.15, -0.1) is 10.2 Å².